The van der Waals surface area contributed by atoms with Gasteiger partial charge in [0, 0.05) is 5.92 Å². The molecule has 2 fully saturated rings. The van der Waals surface area contributed by atoms with Crippen LogP contribution in [0.25, 0.3) is 0 Å². The minimum absolute atomic E-state index is 0.233. The van der Waals surface area contributed by atoms with Crippen LogP contribution in [0.4, 0.5) is 0 Å². The molecule has 0 aromatic carbocycles. The van der Waals surface area contributed by atoms with Crippen molar-refractivity contribution in [2.24, 2.45) is 5.92 Å². The second kappa shape index (κ2) is 3.85. The number of carbonyl (C=O) groups excluding carboxylic acids is 1. The van der Waals surface area contributed by atoms with Gasteiger partial charge in [-0.15, -0.1) is 0 Å². The Kier molecular flexibility index (Phi) is 2.73. The predicted molar refractivity (Wildman–Crippen MR) is 55.1 cm³/mol. The van der Waals surface area contributed by atoms with Crippen LogP contribution in [0.2, 0.25) is 0 Å². The Labute approximate surface area is 85.3 Å². The first-order chi connectivity index (χ1) is 6.65. The molecule has 2 aliphatic heterocycles. The molecule has 2 rings (SSSR count). The van der Waals surface area contributed by atoms with Crippen LogP contribution in [0.3, 0.4) is 0 Å². The van der Waals surface area contributed by atoms with Crippen molar-refractivity contribution in [3.05, 3.63) is 11.6 Å². The molecule has 2 unspecified atom stereocenters. The maximum absolute atomic E-state index is 11.8. The van der Waals surface area contributed by atoms with E-state index in [1.807, 2.05) is 13.8 Å². The van der Waals surface area contributed by atoms with Gasteiger partial charge in [-0.2, -0.15) is 0 Å². The topological polar surface area (TPSA) is 26.3 Å². The first-order valence-electron chi connectivity index (χ1n) is 5.49. The summed E-state index contributed by atoms with van der Waals surface area (Å²) in [5.74, 6) is 0.543. The highest BCUT2D eigenvalue weighted by atomic mass is 16.5. The van der Waals surface area contributed by atoms with Gasteiger partial charge in [-0.3, -0.25) is 4.79 Å². The third-order valence-electron chi connectivity index (χ3n) is 3.12. The van der Waals surface area contributed by atoms with Crippen LogP contribution in [-0.2, 0) is 9.53 Å². The number of hydrogen-bond acceptors (Lipinski definition) is 2. The minimum Gasteiger partial charge on any atom is -0.375 e. The van der Waals surface area contributed by atoms with Crippen LogP contribution in [0.1, 0.15) is 39.5 Å². The molecule has 2 bridgehead atoms. The molecule has 0 saturated carbocycles. The average Bonchev–Trinajstić information content (AvgIpc) is 2.44. The van der Waals surface area contributed by atoms with Gasteiger partial charge in [-0.1, -0.05) is 5.57 Å². The Morgan fingerprint density at radius 1 is 1.21 bits per heavy atom. The molecule has 0 aliphatic carbocycles. The molecule has 2 saturated heterocycles. The molecule has 2 atom stereocenters. The molecule has 2 aliphatic rings. The van der Waals surface area contributed by atoms with Crippen molar-refractivity contribution in [3.63, 3.8) is 0 Å². The summed E-state index contributed by atoms with van der Waals surface area (Å²) in [6.07, 6.45) is 6.72. The van der Waals surface area contributed by atoms with Crippen LogP contribution in [-0.4, -0.2) is 18.0 Å². The molecule has 2 heteroatoms. The smallest absolute Gasteiger partial charge is 0.158 e. The highest BCUT2D eigenvalue weighted by molar-refractivity contribution is 5.92. The number of allylic oxidation sites excluding steroid dienone is 2. The molecule has 2 heterocycles. The zero-order valence-corrected chi connectivity index (χ0v) is 8.95. The second-order valence-corrected chi connectivity index (χ2v) is 4.75. The van der Waals surface area contributed by atoms with Crippen molar-refractivity contribution in [1.82, 2.24) is 0 Å². The van der Waals surface area contributed by atoms with Crippen molar-refractivity contribution >= 4 is 5.78 Å². The summed E-state index contributed by atoms with van der Waals surface area (Å²) in [4.78, 5) is 11.8. The summed E-state index contributed by atoms with van der Waals surface area (Å²) in [6.45, 7) is 3.96. The van der Waals surface area contributed by atoms with Gasteiger partial charge < -0.3 is 4.74 Å². The van der Waals surface area contributed by atoms with Crippen molar-refractivity contribution in [2.45, 2.75) is 51.7 Å². The lowest BCUT2D eigenvalue weighted by molar-refractivity contribution is -0.123. The molecule has 0 radical (unpaired) electrons. The standard InChI is InChI=1S/C12H18O2/c1-8(2)5-12(13)9-6-10-3-4-11(7-9)14-10/h5,9-11H,3-4,6-7H2,1-2H3. The second-order valence-electron chi connectivity index (χ2n) is 4.75. The molecule has 2 nitrogen and oxygen atoms in total. The Morgan fingerprint density at radius 2 is 1.79 bits per heavy atom. The van der Waals surface area contributed by atoms with Crippen LogP contribution >= 0.6 is 0 Å². The molecular formula is C12H18O2. The van der Waals surface area contributed by atoms with Crippen LogP contribution in [0, 0.1) is 5.92 Å². The fraction of sp³-hybridized carbons (Fsp3) is 0.750. The van der Waals surface area contributed by atoms with E-state index in [1.54, 1.807) is 6.08 Å². The Hall–Kier alpha value is -0.630. The fourth-order valence-electron chi connectivity index (χ4n) is 2.49. The average molecular weight is 194 g/mol. The third kappa shape index (κ3) is 2.06. The van der Waals surface area contributed by atoms with Gasteiger partial charge in [0.25, 0.3) is 0 Å². The third-order valence-corrected chi connectivity index (χ3v) is 3.12. The largest absolute Gasteiger partial charge is 0.375 e. The molecule has 78 valence electrons. The fourth-order valence-corrected chi connectivity index (χ4v) is 2.49. The summed E-state index contributed by atoms with van der Waals surface area (Å²) < 4.78 is 5.71. The maximum Gasteiger partial charge on any atom is 0.158 e. The van der Waals surface area contributed by atoms with E-state index < -0.39 is 0 Å². The monoisotopic (exact) mass is 194 g/mol. The van der Waals surface area contributed by atoms with Crippen molar-refractivity contribution in [1.29, 1.82) is 0 Å². The van der Waals surface area contributed by atoms with E-state index in [9.17, 15) is 4.79 Å². The highest BCUT2D eigenvalue weighted by Gasteiger charge is 2.37. The minimum atomic E-state index is 0.233. The molecule has 0 spiro atoms. The first-order valence-corrected chi connectivity index (χ1v) is 5.49. The highest BCUT2D eigenvalue weighted by Crippen LogP contribution is 2.36. The van der Waals surface area contributed by atoms with Crippen molar-refractivity contribution < 1.29 is 9.53 Å². The molecule has 0 aromatic rings. The molecular weight excluding hydrogens is 176 g/mol. The van der Waals surface area contributed by atoms with Gasteiger partial charge in [0.15, 0.2) is 5.78 Å². The van der Waals surface area contributed by atoms with Crippen LogP contribution in [0.15, 0.2) is 11.6 Å². The lowest BCUT2D eigenvalue weighted by atomic mass is 9.90. The molecule has 14 heavy (non-hydrogen) atoms. The number of rotatable bonds is 2. The van der Waals surface area contributed by atoms with Gasteiger partial charge in [0.05, 0.1) is 12.2 Å². The van der Waals surface area contributed by atoms with Gasteiger partial charge in [0.1, 0.15) is 0 Å². The lowest BCUT2D eigenvalue weighted by Gasteiger charge is -2.26. The van der Waals surface area contributed by atoms with E-state index in [-0.39, 0.29) is 5.92 Å². The van der Waals surface area contributed by atoms with Crippen molar-refractivity contribution in [2.75, 3.05) is 0 Å². The zero-order valence-electron chi connectivity index (χ0n) is 8.95. The zero-order chi connectivity index (χ0) is 10.1. The summed E-state index contributed by atoms with van der Waals surface area (Å²) in [6, 6.07) is 0. The molecule has 0 amide bonds. The summed E-state index contributed by atoms with van der Waals surface area (Å²) in [5.41, 5.74) is 1.11. The van der Waals surface area contributed by atoms with Crippen LogP contribution in [0.5, 0.6) is 0 Å². The van der Waals surface area contributed by atoms with Gasteiger partial charge in [-0.25, -0.2) is 0 Å². The first kappa shape index (κ1) is 9.91. The van der Waals surface area contributed by atoms with Gasteiger partial charge in [-0.05, 0) is 45.6 Å². The molecule has 0 N–H and O–H groups in total. The number of fused-ring (bicyclic) bond motifs is 2. The molecule has 0 aromatic heterocycles. The summed E-state index contributed by atoms with van der Waals surface area (Å²) in [7, 11) is 0. The number of ether oxygens (including phenoxy) is 1. The van der Waals surface area contributed by atoms with E-state index in [0.717, 1.165) is 31.3 Å². The van der Waals surface area contributed by atoms with E-state index >= 15 is 0 Å². The summed E-state index contributed by atoms with van der Waals surface area (Å²) >= 11 is 0. The Morgan fingerprint density at radius 3 is 2.29 bits per heavy atom. The van der Waals surface area contributed by atoms with E-state index in [2.05, 4.69) is 0 Å². The van der Waals surface area contributed by atoms with Crippen molar-refractivity contribution in [3.8, 4) is 0 Å². The number of carbonyl (C=O) groups is 1. The quantitative estimate of drug-likeness (QED) is 0.631. The predicted octanol–water partition coefficient (Wildman–Crippen LogP) is 2.48. The lowest BCUT2D eigenvalue weighted by Crippen LogP contribution is -2.29. The van der Waals surface area contributed by atoms with E-state index in [0.29, 0.717) is 18.0 Å². The van der Waals surface area contributed by atoms with E-state index in [1.165, 1.54) is 0 Å². The summed E-state index contributed by atoms with van der Waals surface area (Å²) in [5, 5.41) is 0. The normalized spacial score (nSPS) is 35.4. The number of hydrogen-bond donors (Lipinski definition) is 0. The van der Waals surface area contributed by atoms with E-state index in [4.69, 9.17) is 4.74 Å². The Bertz CT molecular complexity index is 251. The van der Waals surface area contributed by atoms with Gasteiger partial charge in [0.2, 0.25) is 0 Å². The number of ketones is 1. The van der Waals surface area contributed by atoms with Gasteiger partial charge >= 0.3 is 0 Å². The maximum atomic E-state index is 11.8. The Balaban J connectivity index is 1.99. The SMILES string of the molecule is CC(C)=CC(=O)C1CC2CCC(C1)O2. The van der Waals surface area contributed by atoms with Crippen LogP contribution < -0.4 is 0 Å².